The van der Waals surface area contributed by atoms with E-state index >= 15 is 0 Å². The van der Waals surface area contributed by atoms with Gasteiger partial charge in [0.2, 0.25) is 0 Å². The molecule has 0 radical (unpaired) electrons. The second-order valence-corrected chi connectivity index (χ2v) is 7.86. The van der Waals surface area contributed by atoms with Crippen LogP contribution in [-0.4, -0.2) is 27.2 Å². The van der Waals surface area contributed by atoms with Gasteiger partial charge < -0.3 is 15.2 Å². The number of aliphatic hydroxyl groups excluding tert-OH is 1. The first-order chi connectivity index (χ1) is 14.6. The fraction of sp³-hybridized carbons (Fsp3) is 0.348. The Bertz CT molecular complexity index is 1200. The molecule has 2 aliphatic rings. The molecule has 0 aliphatic carbocycles. The highest BCUT2D eigenvalue weighted by Gasteiger charge is 2.23. The zero-order valence-corrected chi connectivity index (χ0v) is 16.6. The van der Waals surface area contributed by atoms with Gasteiger partial charge in [0.05, 0.1) is 29.3 Å². The molecule has 5 rings (SSSR count). The van der Waals surface area contributed by atoms with Crippen molar-refractivity contribution in [1.29, 1.82) is 0 Å². The number of rotatable bonds is 2. The lowest BCUT2D eigenvalue weighted by Gasteiger charge is -2.24. The van der Waals surface area contributed by atoms with Crippen molar-refractivity contribution in [2.45, 2.75) is 44.8 Å². The molecular weight excluding hydrogens is 382 g/mol. The van der Waals surface area contributed by atoms with Gasteiger partial charge >= 0.3 is 0 Å². The summed E-state index contributed by atoms with van der Waals surface area (Å²) in [6.45, 7) is 1.10. The molecule has 7 heteroatoms. The standard InChI is InChI=1S/C23H23N3O4/c27-19-10-12-30-21-16(19)5-4-6-17(21)25-22(28)14-8-9-15-18(13-14)24-20-7-2-1-3-11-26(20)23(15)29/h4-6,8-9,13,19,27H,1-3,7,10-12H2,(H,25,28). The molecule has 3 aromatic rings. The number of nitrogens with one attached hydrogen (secondary N) is 1. The van der Waals surface area contributed by atoms with Gasteiger partial charge in [0.25, 0.3) is 11.5 Å². The van der Waals surface area contributed by atoms with Gasteiger partial charge in [-0.3, -0.25) is 14.2 Å². The van der Waals surface area contributed by atoms with Crippen molar-refractivity contribution in [2.75, 3.05) is 11.9 Å². The Kier molecular flexibility index (Phi) is 4.75. The maximum Gasteiger partial charge on any atom is 0.261 e. The molecule has 0 bridgehead atoms. The van der Waals surface area contributed by atoms with Crippen LogP contribution in [0.25, 0.3) is 10.9 Å². The lowest BCUT2D eigenvalue weighted by Crippen LogP contribution is -2.24. The Hall–Kier alpha value is -3.19. The first kappa shape index (κ1) is 18.8. The molecule has 2 N–H and O–H groups in total. The number of anilines is 1. The number of para-hydroxylation sites is 1. The van der Waals surface area contributed by atoms with Crippen LogP contribution in [0.5, 0.6) is 5.75 Å². The van der Waals surface area contributed by atoms with E-state index in [2.05, 4.69) is 5.32 Å². The number of carbonyl (C=O) groups excluding carboxylic acids is 1. The predicted octanol–water partition coefficient (Wildman–Crippen LogP) is 3.19. The number of aliphatic hydroxyl groups is 1. The van der Waals surface area contributed by atoms with E-state index in [0.717, 1.165) is 31.5 Å². The van der Waals surface area contributed by atoms with Gasteiger partial charge in [0.15, 0.2) is 0 Å². The molecule has 2 aliphatic heterocycles. The maximum absolute atomic E-state index is 12.9. The van der Waals surface area contributed by atoms with Gasteiger partial charge in [0.1, 0.15) is 11.6 Å². The Balaban J connectivity index is 1.49. The number of carbonyl (C=O) groups is 1. The van der Waals surface area contributed by atoms with Crippen LogP contribution in [0.3, 0.4) is 0 Å². The summed E-state index contributed by atoms with van der Waals surface area (Å²) in [5.74, 6) is 0.986. The van der Waals surface area contributed by atoms with Crippen molar-refractivity contribution in [3.05, 3.63) is 63.7 Å². The van der Waals surface area contributed by atoms with E-state index in [1.54, 1.807) is 41.0 Å². The van der Waals surface area contributed by atoms with E-state index in [1.165, 1.54) is 0 Å². The van der Waals surface area contributed by atoms with Crippen LogP contribution >= 0.6 is 0 Å². The molecule has 1 aromatic heterocycles. The molecule has 7 nitrogen and oxygen atoms in total. The van der Waals surface area contributed by atoms with E-state index in [4.69, 9.17) is 9.72 Å². The zero-order valence-electron chi connectivity index (χ0n) is 16.6. The quantitative estimate of drug-likeness (QED) is 0.683. The average molecular weight is 405 g/mol. The van der Waals surface area contributed by atoms with Crippen LogP contribution in [0, 0.1) is 0 Å². The van der Waals surface area contributed by atoms with Crippen molar-refractivity contribution in [1.82, 2.24) is 9.55 Å². The van der Waals surface area contributed by atoms with Gasteiger partial charge in [0, 0.05) is 30.5 Å². The van der Waals surface area contributed by atoms with Crippen LogP contribution in [0.4, 0.5) is 5.69 Å². The van der Waals surface area contributed by atoms with Crippen molar-refractivity contribution in [3.8, 4) is 5.75 Å². The third-order valence-corrected chi connectivity index (χ3v) is 5.87. The average Bonchev–Trinajstić information content (AvgIpc) is 3.00. The second kappa shape index (κ2) is 7.57. The predicted molar refractivity (Wildman–Crippen MR) is 113 cm³/mol. The van der Waals surface area contributed by atoms with Gasteiger partial charge in [-0.15, -0.1) is 0 Å². The summed E-state index contributed by atoms with van der Waals surface area (Å²) in [5, 5.41) is 13.6. The highest BCUT2D eigenvalue weighted by atomic mass is 16.5. The highest BCUT2D eigenvalue weighted by molar-refractivity contribution is 6.06. The van der Waals surface area contributed by atoms with E-state index in [1.807, 2.05) is 0 Å². The van der Waals surface area contributed by atoms with Crippen LogP contribution in [0.15, 0.2) is 41.2 Å². The topological polar surface area (TPSA) is 93.5 Å². The van der Waals surface area contributed by atoms with Crippen LogP contribution in [0.1, 0.15) is 53.5 Å². The van der Waals surface area contributed by atoms with Crippen molar-refractivity contribution >= 4 is 22.5 Å². The van der Waals surface area contributed by atoms with Gasteiger partial charge in [-0.1, -0.05) is 18.6 Å². The summed E-state index contributed by atoms with van der Waals surface area (Å²) >= 11 is 0. The summed E-state index contributed by atoms with van der Waals surface area (Å²) < 4.78 is 7.46. The van der Waals surface area contributed by atoms with Gasteiger partial charge in [-0.25, -0.2) is 4.98 Å². The minimum atomic E-state index is -0.598. The number of hydrogen-bond donors (Lipinski definition) is 2. The van der Waals surface area contributed by atoms with E-state index in [0.29, 0.717) is 53.0 Å². The van der Waals surface area contributed by atoms with Crippen LogP contribution in [-0.2, 0) is 13.0 Å². The Morgan fingerprint density at radius 3 is 3.00 bits per heavy atom. The minimum Gasteiger partial charge on any atom is -0.491 e. The van der Waals surface area contributed by atoms with Crippen molar-refractivity contribution < 1.29 is 14.6 Å². The lowest BCUT2D eigenvalue weighted by molar-refractivity contribution is 0.102. The maximum atomic E-state index is 12.9. The SMILES string of the molecule is O=C(Nc1cccc2c1OCCC2O)c1ccc2c(=O)n3c(nc2c1)CCCCC3. The number of nitrogens with zero attached hydrogens (tertiary/aromatic N) is 2. The first-order valence-corrected chi connectivity index (χ1v) is 10.4. The number of aromatic nitrogens is 2. The molecule has 0 fully saturated rings. The zero-order chi connectivity index (χ0) is 20.7. The molecular formula is C23H23N3O4. The summed E-state index contributed by atoms with van der Waals surface area (Å²) in [7, 11) is 0. The molecule has 1 amide bonds. The smallest absolute Gasteiger partial charge is 0.261 e. The fourth-order valence-electron chi connectivity index (χ4n) is 4.26. The number of fused-ring (bicyclic) bond motifs is 3. The monoisotopic (exact) mass is 405 g/mol. The number of aryl methyl sites for hydroxylation is 1. The Labute approximate surface area is 173 Å². The van der Waals surface area contributed by atoms with Crippen molar-refractivity contribution in [2.24, 2.45) is 0 Å². The number of benzene rings is 2. The molecule has 0 saturated heterocycles. The summed E-state index contributed by atoms with van der Waals surface area (Å²) in [6.07, 6.45) is 3.80. The number of ether oxygens (including phenoxy) is 1. The molecule has 3 heterocycles. The Morgan fingerprint density at radius 1 is 1.20 bits per heavy atom. The summed E-state index contributed by atoms with van der Waals surface area (Å²) in [4.78, 5) is 30.5. The van der Waals surface area contributed by atoms with Crippen LogP contribution in [0.2, 0.25) is 0 Å². The van der Waals surface area contributed by atoms with E-state index < -0.39 is 6.10 Å². The van der Waals surface area contributed by atoms with Crippen molar-refractivity contribution in [3.63, 3.8) is 0 Å². The summed E-state index contributed by atoms with van der Waals surface area (Å²) in [5.41, 5.74) is 2.12. The van der Waals surface area contributed by atoms with E-state index in [-0.39, 0.29) is 11.5 Å². The van der Waals surface area contributed by atoms with Gasteiger partial charge in [-0.05, 0) is 37.1 Å². The summed E-state index contributed by atoms with van der Waals surface area (Å²) in [6, 6.07) is 10.3. The minimum absolute atomic E-state index is 0.0385. The normalized spacial score (nSPS) is 18.1. The molecule has 0 spiro atoms. The molecule has 1 unspecified atom stereocenters. The number of amides is 1. The lowest BCUT2D eigenvalue weighted by atomic mass is 10.0. The fourth-order valence-corrected chi connectivity index (χ4v) is 4.26. The largest absolute Gasteiger partial charge is 0.491 e. The molecule has 154 valence electrons. The Morgan fingerprint density at radius 2 is 2.10 bits per heavy atom. The highest BCUT2D eigenvalue weighted by Crippen LogP contribution is 2.38. The molecule has 0 saturated carbocycles. The van der Waals surface area contributed by atoms with Gasteiger partial charge in [-0.2, -0.15) is 0 Å². The second-order valence-electron chi connectivity index (χ2n) is 7.86. The number of hydrogen-bond acceptors (Lipinski definition) is 5. The molecule has 1 atom stereocenters. The molecule has 30 heavy (non-hydrogen) atoms. The molecule has 2 aromatic carbocycles. The van der Waals surface area contributed by atoms with Crippen LogP contribution < -0.4 is 15.6 Å². The third kappa shape index (κ3) is 3.25. The third-order valence-electron chi connectivity index (χ3n) is 5.87. The van der Waals surface area contributed by atoms with E-state index in [9.17, 15) is 14.7 Å². The first-order valence-electron chi connectivity index (χ1n) is 10.4.